The monoisotopic (exact) mass is 411 g/mol. The molecular weight excluding hydrogens is 378 g/mol. The van der Waals surface area contributed by atoms with Crippen LogP contribution in [0.25, 0.3) is 0 Å². The average molecular weight is 412 g/mol. The molecule has 2 rings (SSSR count). The van der Waals surface area contributed by atoms with E-state index < -0.39 is 6.04 Å². The Balaban J connectivity index is 1.77. The van der Waals surface area contributed by atoms with Crippen LogP contribution in [-0.2, 0) is 4.79 Å². The molecule has 0 aromatic heterocycles. The van der Waals surface area contributed by atoms with Gasteiger partial charge in [0.2, 0.25) is 5.91 Å². The summed E-state index contributed by atoms with van der Waals surface area (Å²) in [6, 6.07) is 16.5. The lowest BCUT2D eigenvalue weighted by atomic mass is 10.0. The van der Waals surface area contributed by atoms with Crippen LogP contribution in [0.5, 0.6) is 5.75 Å². The number of nitrogens with zero attached hydrogens (tertiary/aromatic N) is 1. The van der Waals surface area contributed by atoms with Crippen LogP contribution in [0.15, 0.2) is 54.6 Å². The number of hydrogen-bond acceptors (Lipinski definition) is 4. The molecule has 2 aromatic rings. The molecule has 2 N–H and O–H groups in total. The number of amides is 2. The Kier molecular flexibility index (Phi) is 9.19. The molecular formula is C24H33N3O3. The second-order valence-electron chi connectivity index (χ2n) is 7.68. The third-order valence-electron chi connectivity index (χ3n) is 5.00. The number of hydrogen-bond donors (Lipinski definition) is 2. The molecule has 2 amide bonds. The lowest BCUT2D eigenvalue weighted by Gasteiger charge is -2.22. The van der Waals surface area contributed by atoms with Gasteiger partial charge in [-0.3, -0.25) is 9.59 Å². The SMILES string of the molecule is COc1ccc(C(=O)NC(C(=O)NCCCCN(C)c2ccccc2)C(C)C)cc1. The van der Waals surface area contributed by atoms with E-state index in [2.05, 4.69) is 34.7 Å². The largest absolute Gasteiger partial charge is 0.497 e. The molecule has 0 saturated heterocycles. The van der Waals surface area contributed by atoms with E-state index >= 15 is 0 Å². The van der Waals surface area contributed by atoms with E-state index in [1.807, 2.05) is 32.0 Å². The second kappa shape index (κ2) is 11.9. The molecule has 2 aromatic carbocycles. The van der Waals surface area contributed by atoms with Crippen molar-refractivity contribution in [1.82, 2.24) is 10.6 Å². The summed E-state index contributed by atoms with van der Waals surface area (Å²) in [6.07, 6.45) is 1.84. The second-order valence-corrected chi connectivity index (χ2v) is 7.68. The first-order valence-corrected chi connectivity index (χ1v) is 10.4. The zero-order chi connectivity index (χ0) is 21.9. The van der Waals surface area contributed by atoms with Gasteiger partial charge in [-0.2, -0.15) is 0 Å². The maximum absolute atomic E-state index is 12.6. The van der Waals surface area contributed by atoms with Crippen molar-refractivity contribution in [3.63, 3.8) is 0 Å². The molecule has 6 heteroatoms. The van der Waals surface area contributed by atoms with Crippen LogP contribution in [0.4, 0.5) is 5.69 Å². The Morgan fingerprint density at radius 2 is 1.67 bits per heavy atom. The van der Waals surface area contributed by atoms with Gasteiger partial charge >= 0.3 is 0 Å². The predicted molar refractivity (Wildman–Crippen MR) is 121 cm³/mol. The van der Waals surface area contributed by atoms with Crippen molar-refractivity contribution < 1.29 is 14.3 Å². The minimum Gasteiger partial charge on any atom is -0.497 e. The summed E-state index contributed by atoms with van der Waals surface area (Å²) in [4.78, 5) is 27.3. The molecule has 162 valence electrons. The quantitative estimate of drug-likeness (QED) is 0.556. The van der Waals surface area contributed by atoms with Crippen LogP contribution in [0, 0.1) is 5.92 Å². The minimum absolute atomic E-state index is 0.0172. The van der Waals surface area contributed by atoms with Gasteiger partial charge in [-0.05, 0) is 55.2 Å². The number of carbonyl (C=O) groups is 2. The molecule has 0 aliphatic carbocycles. The molecule has 1 unspecified atom stereocenters. The van der Waals surface area contributed by atoms with Crippen LogP contribution in [0.1, 0.15) is 37.0 Å². The Morgan fingerprint density at radius 1 is 1.00 bits per heavy atom. The molecule has 0 heterocycles. The Bertz CT molecular complexity index is 791. The molecule has 0 aliphatic heterocycles. The van der Waals surface area contributed by atoms with E-state index in [4.69, 9.17) is 4.74 Å². The van der Waals surface area contributed by atoms with Gasteiger partial charge < -0.3 is 20.3 Å². The maximum Gasteiger partial charge on any atom is 0.251 e. The van der Waals surface area contributed by atoms with E-state index in [9.17, 15) is 9.59 Å². The molecule has 0 aliphatic rings. The summed E-state index contributed by atoms with van der Waals surface area (Å²) in [6.45, 7) is 5.35. The van der Waals surface area contributed by atoms with Crippen molar-refractivity contribution in [2.75, 3.05) is 32.1 Å². The molecule has 30 heavy (non-hydrogen) atoms. The van der Waals surface area contributed by atoms with Gasteiger partial charge in [0.15, 0.2) is 0 Å². The first-order valence-electron chi connectivity index (χ1n) is 10.4. The zero-order valence-corrected chi connectivity index (χ0v) is 18.4. The normalized spacial score (nSPS) is 11.6. The van der Waals surface area contributed by atoms with Gasteiger partial charge in [-0.25, -0.2) is 0 Å². The smallest absolute Gasteiger partial charge is 0.251 e. The van der Waals surface area contributed by atoms with E-state index in [1.54, 1.807) is 31.4 Å². The molecule has 6 nitrogen and oxygen atoms in total. The first kappa shape index (κ1) is 23.3. The van der Waals surface area contributed by atoms with Crippen molar-refractivity contribution in [3.05, 3.63) is 60.2 Å². The minimum atomic E-state index is -0.577. The van der Waals surface area contributed by atoms with Gasteiger partial charge in [0, 0.05) is 31.4 Å². The van der Waals surface area contributed by atoms with Crippen molar-refractivity contribution in [1.29, 1.82) is 0 Å². The number of unbranched alkanes of at least 4 members (excludes halogenated alkanes) is 1. The average Bonchev–Trinajstić information content (AvgIpc) is 2.77. The summed E-state index contributed by atoms with van der Waals surface area (Å²) < 4.78 is 5.11. The van der Waals surface area contributed by atoms with Crippen LogP contribution < -0.4 is 20.3 Å². The van der Waals surface area contributed by atoms with Gasteiger partial charge in [0.1, 0.15) is 11.8 Å². The number of benzene rings is 2. The summed E-state index contributed by atoms with van der Waals surface area (Å²) in [7, 11) is 3.64. The van der Waals surface area contributed by atoms with Crippen molar-refractivity contribution in [3.8, 4) is 5.75 Å². The first-order chi connectivity index (χ1) is 14.4. The highest BCUT2D eigenvalue weighted by atomic mass is 16.5. The number of methoxy groups -OCH3 is 1. The highest BCUT2D eigenvalue weighted by Crippen LogP contribution is 2.13. The fourth-order valence-corrected chi connectivity index (χ4v) is 3.11. The number of anilines is 1. The Labute approximate surface area is 179 Å². The standard InChI is InChI=1S/C24H33N3O3/c1-18(2)22(26-23(28)19-12-14-21(30-4)15-13-19)24(29)25-16-8-9-17-27(3)20-10-6-5-7-11-20/h5-7,10-15,18,22H,8-9,16-17H2,1-4H3,(H,25,29)(H,26,28). The Hall–Kier alpha value is -3.02. The van der Waals surface area contributed by atoms with Crippen LogP contribution in [0.3, 0.4) is 0 Å². The van der Waals surface area contributed by atoms with E-state index in [0.29, 0.717) is 17.9 Å². The highest BCUT2D eigenvalue weighted by molar-refractivity contribution is 5.97. The van der Waals surface area contributed by atoms with Crippen LogP contribution in [0.2, 0.25) is 0 Å². The lowest BCUT2D eigenvalue weighted by molar-refractivity contribution is -0.123. The summed E-state index contributed by atoms with van der Waals surface area (Å²) in [5.41, 5.74) is 1.68. The molecule has 0 spiro atoms. The van der Waals surface area contributed by atoms with Crippen molar-refractivity contribution >= 4 is 17.5 Å². The number of nitrogens with one attached hydrogen (secondary N) is 2. The Morgan fingerprint density at radius 3 is 2.27 bits per heavy atom. The third kappa shape index (κ3) is 7.10. The summed E-state index contributed by atoms with van der Waals surface area (Å²) >= 11 is 0. The van der Waals surface area contributed by atoms with Crippen LogP contribution in [-0.4, -0.2) is 45.1 Å². The number of rotatable bonds is 11. The fraction of sp³-hybridized carbons (Fsp3) is 0.417. The summed E-state index contributed by atoms with van der Waals surface area (Å²) in [5, 5.41) is 5.81. The maximum atomic E-state index is 12.6. The fourth-order valence-electron chi connectivity index (χ4n) is 3.11. The van der Waals surface area contributed by atoms with Gasteiger partial charge in [-0.15, -0.1) is 0 Å². The third-order valence-corrected chi connectivity index (χ3v) is 5.00. The number of para-hydroxylation sites is 1. The van der Waals surface area contributed by atoms with Crippen molar-refractivity contribution in [2.24, 2.45) is 5.92 Å². The lowest BCUT2D eigenvalue weighted by Crippen LogP contribution is -2.49. The molecule has 0 bridgehead atoms. The molecule has 0 saturated carbocycles. The number of carbonyl (C=O) groups excluding carboxylic acids is 2. The van der Waals surface area contributed by atoms with Gasteiger partial charge in [-0.1, -0.05) is 32.0 Å². The van der Waals surface area contributed by atoms with E-state index in [0.717, 1.165) is 19.4 Å². The summed E-state index contributed by atoms with van der Waals surface area (Å²) in [5.74, 6) is 0.248. The molecule has 0 fully saturated rings. The highest BCUT2D eigenvalue weighted by Gasteiger charge is 2.24. The van der Waals surface area contributed by atoms with Crippen molar-refractivity contribution in [2.45, 2.75) is 32.7 Å². The van der Waals surface area contributed by atoms with E-state index in [-0.39, 0.29) is 17.7 Å². The van der Waals surface area contributed by atoms with E-state index in [1.165, 1.54) is 5.69 Å². The zero-order valence-electron chi connectivity index (χ0n) is 18.4. The van der Waals surface area contributed by atoms with Crippen LogP contribution >= 0.6 is 0 Å². The predicted octanol–water partition coefficient (Wildman–Crippen LogP) is 3.48. The topological polar surface area (TPSA) is 70.7 Å². The number of ether oxygens (including phenoxy) is 1. The van der Waals surface area contributed by atoms with Gasteiger partial charge in [0.25, 0.3) is 5.91 Å². The molecule has 0 radical (unpaired) electrons. The van der Waals surface area contributed by atoms with Gasteiger partial charge in [0.05, 0.1) is 7.11 Å². The molecule has 1 atom stereocenters.